The first kappa shape index (κ1) is 39.9. The number of hydrogen-bond acceptors (Lipinski definition) is 4. The van der Waals surface area contributed by atoms with Gasteiger partial charge in [0.15, 0.2) is 17.5 Å². The van der Waals surface area contributed by atoms with Crippen molar-refractivity contribution in [3.05, 3.63) is 109 Å². The third kappa shape index (κ3) is 6.48. The number of fused-ring (bicyclic) bond motifs is 3. The first-order valence-electron chi connectivity index (χ1n) is 21.0. The maximum atomic E-state index is 5.30. The van der Waals surface area contributed by atoms with Crippen LogP contribution in [0.2, 0.25) is 0 Å². The van der Waals surface area contributed by atoms with Crippen molar-refractivity contribution < 1.29 is 0 Å². The molecule has 0 aliphatic rings. The van der Waals surface area contributed by atoms with Gasteiger partial charge in [0.05, 0.1) is 0 Å². The molecule has 0 amide bonds. The van der Waals surface area contributed by atoms with E-state index in [2.05, 4.69) is 177 Å². The van der Waals surface area contributed by atoms with Crippen molar-refractivity contribution in [2.45, 2.75) is 0 Å². The van der Waals surface area contributed by atoms with Gasteiger partial charge in [-0.05, 0) is 44.2 Å². The van der Waals surface area contributed by atoms with Crippen LogP contribution in [0.1, 0.15) is 0 Å². The van der Waals surface area contributed by atoms with Crippen LogP contribution in [0.25, 0.3) is 87.7 Å². The summed E-state index contributed by atoms with van der Waals surface area (Å²) in [5, 5.41) is 2.75. The van der Waals surface area contributed by atoms with E-state index < -0.39 is 0 Å². The summed E-state index contributed by atoms with van der Waals surface area (Å²) in [6.45, 7) is 0. The molecular formula is C45H40B11N3S. The molecule has 0 bridgehead atoms. The fourth-order valence-corrected chi connectivity index (χ4v) is 10.9. The molecule has 0 unspecified atom stereocenters. The van der Waals surface area contributed by atoms with E-state index in [4.69, 9.17) is 15.0 Å². The fourth-order valence-electron chi connectivity index (χ4n) is 9.43. The normalized spacial score (nSPS) is 11.4. The molecule has 0 atom stereocenters. The molecule has 3 nitrogen and oxygen atoms in total. The molecule has 2 aromatic heterocycles. The zero-order chi connectivity index (χ0) is 42.1. The Morgan fingerprint density at radius 1 is 0.267 bits per heavy atom. The average Bonchev–Trinajstić information content (AvgIpc) is 3.70. The minimum absolute atomic E-state index is 0.666. The van der Waals surface area contributed by atoms with E-state index in [0.717, 1.165) is 22.3 Å². The Morgan fingerprint density at radius 3 is 1.03 bits per heavy atom. The molecule has 0 N–H and O–H groups in total. The van der Waals surface area contributed by atoms with Crippen LogP contribution in [0.4, 0.5) is 0 Å². The Morgan fingerprint density at radius 2 is 0.567 bits per heavy atom. The first-order chi connectivity index (χ1) is 28.8. The molecule has 0 aliphatic heterocycles. The third-order valence-corrected chi connectivity index (χ3v) is 15.0. The molecule has 0 aliphatic carbocycles. The predicted octanol–water partition coefficient (Wildman–Crippen LogP) is -6.92. The molecule has 0 spiro atoms. The molecule has 7 aromatic carbocycles. The van der Waals surface area contributed by atoms with Crippen molar-refractivity contribution in [1.29, 1.82) is 0 Å². The largest absolute Gasteiger partial charge is 0.208 e. The number of rotatable bonds is 6. The lowest BCUT2D eigenvalue weighted by atomic mass is 9.57. The standard InChI is InChI=1S/C45H40B11N3S/c46-30-26(25-31(47)38(54)40(56)39(55)32(25)48)36(52)41-27(33(30)49)28-34(50)35(51)29(37(53)42(28)60-41)45-58-43(23-9-5-2-6-10-23)57-44(59-45)24-17-15-22(16-18-24)21-13-11-20(12-14-21)19-7-3-1-4-8-19/h1-18H,46-56H2. The van der Waals surface area contributed by atoms with Crippen molar-refractivity contribution in [2.24, 2.45) is 0 Å². The minimum Gasteiger partial charge on any atom is -0.208 e. The second kappa shape index (κ2) is 15.5. The zero-order valence-corrected chi connectivity index (χ0v) is 37.5. The summed E-state index contributed by atoms with van der Waals surface area (Å²) in [4.78, 5) is 15.7. The lowest BCUT2D eigenvalue weighted by Crippen LogP contribution is -2.56. The molecule has 0 radical (unpaired) electrons. The van der Waals surface area contributed by atoms with Crippen molar-refractivity contribution in [1.82, 2.24) is 15.0 Å². The summed E-state index contributed by atoms with van der Waals surface area (Å²) in [7, 11) is 25.3. The highest BCUT2D eigenvalue weighted by molar-refractivity contribution is 7.28. The van der Waals surface area contributed by atoms with E-state index in [0.29, 0.717) is 17.5 Å². The number of aromatic nitrogens is 3. The number of nitrogens with zero attached hydrogens (tertiary/aromatic N) is 3. The van der Waals surface area contributed by atoms with Crippen LogP contribution in [0.3, 0.4) is 0 Å². The molecule has 9 aromatic rings. The van der Waals surface area contributed by atoms with Gasteiger partial charge in [0, 0.05) is 26.1 Å². The Bertz CT molecular complexity index is 3170. The Hall–Kier alpha value is -5.52. The summed E-state index contributed by atoms with van der Waals surface area (Å²) in [6, 6.07) is 38.2. The number of hydrogen-bond donors (Lipinski definition) is 0. The van der Waals surface area contributed by atoms with Crippen molar-refractivity contribution >= 4 is 178 Å². The number of benzene rings is 7. The molecule has 0 fully saturated rings. The van der Waals surface area contributed by atoms with Gasteiger partial charge in [0.25, 0.3) is 0 Å². The van der Waals surface area contributed by atoms with Crippen molar-refractivity contribution in [2.75, 3.05) is 0 Å². The second-order valence-electron chi connectivity index (χ2n) is 16.7. The van der Waals surface area contributed by atoms with Gasteiger partial charge in [-0.1, -0.05) is 153 Å². The highest BCUT2D eigenvalue weighted by atomic mass is 32.1. The maximum absolute atomic E-state index is 5.30. The number of thiophene rings is 1. The molecule has 2 heterocycles. The van der Waals surface area contributed by atoms with Crippen LogP contribution in [-0.4, -0.2) is 101 Å². The summed E-state index contributed by atoms with van der Waals surface area (Å²) in [5.74, 6) is 2.05. The van der Waals surface area contributed by atoms with E-state index in [9.17, 15) is 0 Å². The van der Waals surface area contributed by atoms with E-state index >= 15 is 0 Å². The lowest BCUT2D eigenvalue weighted by Gasteiger charge is -2.25. The van der Waals surface area contributed by atoms with E-state index in [1.54, 1.807) is 0 Å². The molecule has 274 valence electrons. The van der Waals surface area contributed by atoms with Crippen molar-refractivity contribution in [3.63, 3.8) is 0 Å². The van der Waals surface area contributed by atoms with Crippen LogP contribution in [0, 0.1) is 0 Å². The fraction of sp³-hybridized carbons (Fsp3) is 0. The molecule has 15 heteroatoms. The highest BCUT2D eigenvalue weighted by Crippen LogP contribution is 2.33. The maximum Gasteiger partial charge on any atom is 0.164 e. The van der Waals surface area contributed by atoms with Gasteiger partial charge in [0.1, 0.15) is 86.3 Å². The van der Waals surface area contributed by atoms with Crippen LogP contribution in [0.15, 0.2) is 109 Å². The quantitative estimate of drug-likeness (QED) is 0.158. The van der Waals surface area contributed by atoms with Gasteiger partial charge in [-0.3, -0.25) is 0 Å². The molecule has 0 saturated carbocycles. The average molecular weight is 774 g/mol. The highest BCUT2D eigenvalue weighted by Gasteiger charge is 2.25. The Balaban J connectivity index is 1.20. The summed E-state index contributed by atoms with van der Waals surface area (Å²) < 4.78 is 2.68. The van der Waals surface area contributed by atoms with Gasteiger partial charge >= 0.3 is 0 Å². The summed E-state index contributed by atoms with van der Waals surface area (Å²) in [5.41, 5.74) is 25.3. The van der Waals surface area contributed by atoms with E-state index in [-0.39, 0.29) is 0 Å². The van der Waals surface area contributed by atoms with Crippen LogP contribution < -0.4 is 60.1 Å². The Kier molecular flexibility index (Phi) is 10.3. The van der Waals surface area contributed by atoms with E-state index in [1.165, 1.54) is 108 Å². The molecule has 0 saturated heterocycles. The monoisotopic (exact) mass is 775 g/mol. The van der Waals surface area contributed by atoms with Crippen LogP contribution in [0.5, 0.6) is 0 Å². The lowest BCUT2D eigenvalue weighted by molar-refractivity contribution is 1.08. The second-order valence-corrected chi connectivity index (χ2v) is 17.7. The van der Waals surface area contributed by atoms with Gasteiger partial charge in [-0.25, -0.2) is 15.0 Å². The van der Waals surface area contributed by atoms with Crippen molar-refractivity contribution in [3.8, 4) is 67.5 Å². The SMILES string of the molecule is Bc1c(B)c(B)c(-c2c(B)c(B)c3c(sc4c(B)c(-c5nc(-c6ccccc6)nc(-c6ccc(-c7ccc(-c8ccccc8)cc7)cc6)n5)c(B)c(B)c43)c2B)c(B)c1B. The van der Waals surface area contributed by atoms with E-state index in [1.807, 2.05) is 29.5 Å². The smallest absolute Gasteiger partial charge is 0.164 e. The molecule has 9 rings (SSSR count). The predicted molar refractivity (Wildman–Crippen MR) is 295 cm³/mol. The topological polar surface area (TPSA) is 38.7 Å². The van der Waals surface area contributed by atoms with Crippen LogP contribution >= 0.6 is 11.3 Å². The van der Waals surface area contributed by atoms with Crippen LogP contribution in [-0.2, 0) is 0 Å². The molecular weight excluding hydrogens is 734 g/mol. The Labute approximate surface area is 367 Å². The summed E-state index contributed by atoms with van der Waals surface area (Å²) in [6.07, 6.45) is 0. The van der Waals surface area contributed by atoms with Gasteiger partial charge in [-0.15, -0.1) is 27.7 Å². The molecule has 60 heavy (non-hydrogen) atoms. The van der Waals surface area contributed by atoms with Gasteiger partial charge < -0.3 is 0 Å². The first-order valence-corrected chi connectivity index (χ1v) is 21.8. The summed E-state index contributed by atoms with van der Waals surface area (Å²) >= 11 is 1.93. The third-order valence-electron chi connectivity index (χ3n) is 13.6. The van der Waals surface area contributed by atoms with Gasteiger partial charge in [0.2, 0.25) is 0 Å². The minimum atomic E-state index is 0.666. The van der Waals surface area contributed by atoms with Gasteiger partial charge in [-0.2, -0.15) is 0 Å². The zero-order valence-electron chi connectivity index (χ0n) is 36.6.